The lowest BCUT2D eigenvalue weighted by molar-refractivity contribution is -0.145. The molecule has 0 bridgehead atoms. The third-order valence-electron chi connectivity index (χ3n) is 2.96. The van der Waals surface area contributed by atoms with Crippen molar-refractivity contribution in [3.63, 3.8) is 0 Å². The Balaban J connectivity index is 4.23. The third kappa shape index (κ3) is 10.0. The molecule has 1 atom stereocenters. The van der Waals surface area contributed by atoms with Crippen molar-refractivity contribution in [2.45, 2.75) is 71.1 Å². The van der Waals surface area contributed by atoms with E-state index in [0.29, 0.717) is 25.8 Å². The van der Waals surface area contributed by atoms with E-state index in [1.165, 1.54) is 7.11 Å². The van der Waals surface area contributed by atoms with Crippen molar-refractivity contribution in [3.05, 3.63) is 0 Å². The SMILES string of the molecule is COC(=O)[C@H](CCCCNC(=O)OC(C)(C)C)NC(=O)C(C)(C)N. The van der Waals surface area contributed by atoms with Crippen molar-refractivity contribution in [1.82, 2.24) is 10.6 Å². The third-order valence-corrected chi connectivity index (χ3v) is 2.96. The molecule has 8 nitrogen and oxygen atoms in total. The Morgan fingerprint density at radius 2 is 1.67 bits per heavy atom. The van der Waals surface area contributed by atoms with Gasteiger partial charge in [-0.05, 0) is 53.9 Å². The number of hydrogen-bond donors (Lipinski definition) is 3. The Morgan fingerprint density at radius 3 is 2.12 bits per heavy atom. The van der Waals surface area contributed by atoms with E-state index in [1.54, 1.807) is 34.6 Å². The predicted molar refractivity (Wildman–Crippen MR) is 90.3 cm³/mol. The molecule has 0 rings (SSSR count). The molecular weight excluding hydrogens is 314 g/mol. The number of carbonyl (C=O) groups excluding carboxylic acids is 3. The Hall–Kier alpha value is -1.83. The summed E-state index contributed by atoms with van der Waals surface area (Å²) in [6.45, 7) is 8.89. The van der Waals surface area contributed by atoms with Crippen LogP contribution in [0.2, 0.25) is 0 Å². The van der Waals surface area contributed by atoms with Gasteiger partial charge >= 0.3 is 12.1 Å². The number of esters is 1. The van der Waals surface area contributed by atoms with Crippen LogP contribution < -0.4 is 16.4 Å². The number of nitrogens with one attached hydrogen (secondary N) is 2. The monoisotopic (exact) mass is 345 g/mol. The number of amides is 2. The van der Waals surface area contributed by atoms with Crippen LogP contribution in [0.15, 0.2) is 0 Å². The Bertz CT molecular complexity index is 438. The Kier molecular flexibility index (Phi) is 8.74. The molecule has 0 radical (unpaired) electrons. The number of rotatable bonds is 8. The van der Waals surface area contributed by atoms with Crippen LogP contribution in [0.25, 0.3) is 0 Å². The zero-order chi connectivity index (χ0) is 19.0. The van der Waals surface area contributed by atoms with Gasteiger partial charge in [0.25, 0.3) is 0 Å². The van der Waals surface area contributed by atoms with E-state index in [2.05, 4.69) is 10.6 Å². The molecule has 0 saturated carbocycles. The molecule has 0 aromatic carbocycles. The van der Waals surface area contributed by atoms with E-state index in [1.807, 2.05) is 0 Å². The summed E-state index contributed by atoms with van der Waals surface area (Å²) in [6.07, 6.45) is 1.16. The summed E-state index contributed by atoms with van der Waals surface area (Å²) < 4.78 is 9.81. The largest absolute Gasteiger partial charge is 0.467 e. The predicted octanol–water partition coefficient (Wildman–Crippen LogP) is 1.08. The summed E-state index contributed by atoms with van der Waals surface area (Å²) in [4.78, 5) is 35.1. The second kappa shape index (κ2) is 9.46. The van der Waals surface area contributed by atoms with Crippen molar-refractivity contribution < 1.29 is 23.9 Å². The van der Waals surface area contributed by atoms with Gasteiger partial charge in [-0.2, -0.15) is 0 Å². The molecule has 0 spiro atoms. The highest BCUT2D eigenvalue weighted by molar-refractivity contribution is 5.89. The van der Waals surface area contributed by atoms with Crippen LogP contribution in [0.1, 0.15) is 53.9 Å². The molecule has 0 saturated heterocycles. The summed E-state index contributed by atoms with van der Waals surface area (Å²) in [5, 5.41) is 5.22. The molecule has 0 aliphatic heterocycles. The van der Waals surface area contributed by atoms with E-state index < -0.39 is 35.2 Å². The molecule has 0 aromatic heterocycles. The van der Waals surface area contributed by atoms with Crippen molar-refractivity contribution in [3.8, 4) is 0 Å². The standard InChI is InChI=1S/C16H31N3O5/c1-15(2,3)24-14(22)18-10-8-7-9-11(12(20)23-6)19-13(21)16(4,5)17/h11H,7-10,17H2,1-6H3,(H,18,22)(H,19,21)/t11-/m0/s1. The van der Waals surface area contributed by atoms with Crippen molar-refractivity contribution in [2.24, 2.45) is 5.73 Å². The molecule has 8 heteroatoms. The van der Waals surface area contributed by atoms with Crippen molar-refractivity contribution in [2.75, 3.05) is 13.7 Å². The van der Waals surface area contributed by atoms with Gasteiger partial charge < -0.3 is 25.8 Å². The Morgan fingerprint density at radius 1 is 1.08 bits per heavy atom. The van der Waals surface area contributed by atoms with Gasteiger partial charge in [0.2, 0.25) is 5.91 Å². The van der Waals surface area contributed by atoms with Crippen molar-refractivity contribution in [1.29, 1.82) is 0 Å². The summed E-state index contributed by atoms with van der Waals surface area (Å²) in [7, 11) is 1.26. The maximum absolute atomic E-state index is 11.9. The zero-order valence-electron chi connectivity index (χ0n) is 15.5. The van der Waals surface area contributed by atoms with Crippen LogP contribution in [-0.2, 0) is 19.1 Å². The van der Waals surface area contributed by atoms with E-state index in [-0.39, 0.29) is 0 Å². The molecule has 0 heterocycles. The van der Waals surface area contributed by atoms with Gasteiger partial charge in [-0.1, -0.05) is 0 Å². The molecular formula is C16H31N3O5. The normalized spacial score (nSPS) is 13.0. The smallest absolute Gasteiger partial charge is 0.407 e. The molecule has 0 aromatic rings. The van der Waals surface area contributed by atoms with Gasteiger partial charge in [0.05, 0.1) is 12.6 Å². The lowest BCUT2D eigenvalue weighted by Crippen LogP contribution is -2.54. The number of alkyl carbamates (subject to hydrolysis) is 1. The van der Waals surface area contributed by atoms with E-state index in [9.17, 15) is 14.4 Å². The van der Waals surface area contributed by atoms with Crippen LogP contribution in [0, 0.1) is 0 Å². The summed E-state index contributed by atoms with van der Waals surface area (Å²) in [5.74, 6) is -0.947. The average Bonchev–Trinajstić information content (AvgIpc) is 2.41. The number of hydrogen-bond acceptors (Lipinski definition) is 6. The molecule has 0 fully saturated rings. The second-order valence-corrected chi connectivity index (χ2v) is 7.20. The van der Waals surface area contributed by atoms with Gasteiger partial charge in [-0.15, -0.1) is 0 Å². The summed E-state index contributed by atoms with van der Waals surface area (Å²) in [5.41, 5.74) is 4.08. The zero-order valence-corrected chi connectivity index (χ0v) is 15.5. The first kappa shape index (κ1) is 22.2. The molecule has 24 heavy (non-hydrogen) atoms. The highest BCUT2D eigenvalue weighted by Gasteiger charge is 2.28. The quantitative estimate of drug-likeness (QED) is 0.447. The van der Waals surface area contributed by atoms with Crippen LogP contribution in [0.3, 0.4) is 0 Å². The first-order valence-electron chi connectivity index (χ1n) is 8.01. The topological polar surface area (TPSA) is 120 Å². The highest BCUT2D eigenvalue weighted by atomic mass is 16.6. The maximum Gasteiger partial charge on any atom is 0.407 e. The minimum absolute atomic E-state index is 0.393. The molecule has 140 valence electrons. The summed E-state index contributed by atoms with van der Waals surface area (Å²) in [6, 6.07) is -0.758. The number of methoxy groups -OCH3 is 1. The van der Waals surface area contributed by atoms with Gasteiger partial charge in [0, 0.05) is 6.54 Å². The fourth-order valence-electron chi connectivity index (χ4n) is 1.71. The minimum atomic E-state index is -1.08. The summed E-state index contributed by atoms with van der Waals surface area (Å²) >= 11 is 0. The fraction of sp³-hybridized carbons (Fsp3) is 0.812. The van der Waals surface area contributed by atoms with Crippen LogP contribution in [0.4, 0.5) is 4.79 Å². The molecule has 0 unspecified atom stereocenters. The van der Waals surface area contributed by atoms with E-state index in [4.69, 9.17) is 15.2 Å². The number of unbranched alkanes of at least 4 members (excludes halogenated alkanes) is 1. The van der Waals surface area contributed by atoms with E-state index in [0.717, 1.165) is 0 Å². The van der Waals surface area contributed by atoms with Gasteiger partial charge in [-0.3, -0.25) is 4.79 Å². The number of carbonyl (C=O) groups is 3. The van der Waals surface area contributed by atoms with Gasteiger partial charge in [-0.25, -0.2) is 9.59 Å². The molecule has 2 amide bonds. The average molecular weight is 345 g/mol. The van der Waals surface area contributed by atoms with Gasteiger partial charge in [0.15, 0.2) is 0 Å². The molecule has 4 N–H and O–H groups in total. The minimum Gasteiger partial charge on any atom is -0.467 e. The lowest BCUT2D eigenvalue weighted by Gasteiger charge is -2.23. The van der Waals surface area contributed by atoms with Crippen LogP contribution in [-0.4, -0.2) is 48.8 Å². The molecule has 0 aliphatic carbocycles. The first-order chi connectivity index (χ1) is 10.9. The van der Waals surface area contributed by atoms with E-state index >= 15 is 0 Å². The fourth-order valence-corrected chi connectivity index (χ4v) is 1.71. The van der Waals surface area contributed by atoms with Crippen LogP contribution >= 0.6 is 0 Å². The van der Waals surface area contributed by atoms with Crippen LogP contribution in [0.5, 0.6) is 0 Å². The molecule has 0 aliphatic rings. The number of nitrogens with two attached hydrogens (primary N) is 1. The first-order valence-corrected chi connectivity index (χ1v) is 8.01. The Labute approximate surface area is 143 Å². The second-order valence-electron chi connectivity index (χ2n) is 7.20. The van der Waals surface area contributed by atoms with Crippen molar-refractivity contribution >= 4 is 18.0 Å². The van der Waals surface area contributed by atoms with Gasteiger partial charge in [0.1, 0.15) is 11.6 Å². The highest BCUT2D eigenvalue weighted by Crippen LogP contribution is 2.07. The maximum atomic E-state index is 11.9. The lowest BCUT2D eigenvalue weighted by atomic mass is 10.0. The number of ether oxygens (including phenoxy) is 2.